The second-order valence-electron chi connectivity index (χ2n) is 4.22. The minimum atomic E-state index is -0.138. The minimum absolute atomic E-state index is 0.129. The Morgan fingerprint density at radius 2 is 2.20 bits per heavy atom. The molecule has 0 radical (unpaired) electrons. The Labute approximate surface area is 122 Å². The third-order valence-corrected chi connectivity index (χ3v) is 3.68. The van der Waals surface area contributed by atoms with Gasteiger partial charge in [0.1, 0.15) is 11.9 Å². The van der Waals surface area contributed by atoms with Crippen molar-refractivity contribution in [2.24, 2.45) is 0 Å². The van der Waals surface area contributed by atoms with E-state index in [1.54, 1.807) is 49.8 Å². The number of ether oxygens (including phenoxy) is 2. The van der Waals surface area contributed by atoms with E-state index in [9.17, 15) is 4.79 Å². The van der Waals surface area contributed by atoms with E-state index in [1.807, 2.05) is 16.8 Å². The van der Waals surface area contributed by atoms with Crippen LogP contribution in [0.1, 0.15) is 22.0 Å². The number of hydrogen-bond acceptors (Lipinski definition) is 4. The lowest BCUT2D eigenvalue weighted by atomic mass is 10.1. The maximum absolute atomic E-state index is 12.1. The molecule has 2 aromatic rings. The van der Waals surface area contributed by atoms with Gasteiger partial charge in [-0.3, -0.25) is 4.79 Å². The maximum Gasteiger partial charge on any atom is 0.251 e. The zero-order chi connectivity index (χ0) is 14.4. The zero-order valence-electron chi connectivity index (χ0n) is 11.5. The van der Waals surface area contributed by atoms with Crippen molar-refractivity contribution in [1.82, 2.24) is 5.32 Å². The summed E-state index contributed by atoms with van der Waals surface area (Å²) in [6.07, 6.45) is -0.129. The molecule has 0 bridgehead atoms. The highest BCUT2D eigenvalue weighted by Gasteiger charge is 2.13. The number of thiophene rings is 1. The fourth-order valence-electron chi connectivity index (χ4n) is 1.85. The van der Waals surface area contributed by atoms with Crippen molar-refractivity contribution in [2.45, 2.75) is 6.10 Å². The van der Waals surface area contributed by atoms with Gasteiger partial charge in [-0.1, -0.05) is 6.07 Å². The van der Waals surface area contributed by atoms with E-state index in [1.165, 1.54) is 0 Å². The lowest BCUT2D eigenvalue weighted by molar-refractivity contribution is 0.0829. The van der Waals surface area contributed by atoms with Crippen molar-refractivity contribution >= 4 is 17.2 Å². The molecule has 106 valence electrons. The first kappa shape index (κ1) is 14.6. The highest BCUT2D eigenvalue weighted by Crippen LogP contribution is 2.19. The first-order chi connectivity index (χ1) is 9.74. The van der Waals surface area contributed by atoms with Gasteiger partial charge in [0.2, 0.25) is 0 Å². The highest BCUT2D eigenvalue weighted by atomic mass is 32.1. The summed E-state index contributed by atoms with van der Waals surface area (Å²) in [6, 6.07) is 9.06. The summed E-state index contributed by atoms with van der Waals surface area (Å²) in [6.45, 7) is 0.434. The number of methoxy groups -OCH3 is 2. The molecule has 0 spiro atoms. The fraction of sp³-hybridized carbons (Fsp3) is 0.267. The number of hydrogen-bond donors (Lipinski definition) is 1. The smallest absolute Gasteiger partial charge is 0.251 e. The van der Waals surface area contributed by atoms with Gasteiger partial charge < -0.3 is 14.8 Å². The van der Waals surface area contributed by atoms with E-state index in [4.69, 9.17) is 9.47 Å². The van der Waals surface area contributed by atoms with Gasteiger partial charge >= 0.3 is 0 Å². The van der Waals surface area contributed by atoms with Gasteiger partial charge in [0.05, 0.1) is 7.11 Å². The van der Waals surface area contributed by atoms with E-state index < -0.39 is 0 Å². The van der Waals surface area contributed by atoms with Crippen molar-refractivity contribution in [3.05, 3.63) is 52.2 Å². The minimum Gasteiger partial charge on any atom is -0.497 e. The molecule has 0 saturated heterocycles. The number of nitrogens with one attached hydrogen (secondary N) is 1. The van der Waals surface area contributed by atoms with E-state index in [0.29, 0.717) is 17.9 Å². The Bertz CT molecular complexity index is 554. The monoisotopic (exact) mass is 291 g/mol. The predicted molar refractivity (Wildman–Crippen MR) is 79.4 cm³/mol. The standard InChI is InChI=1S/C15H17NO3S/c1-18-13-5-3-4-11(8-13)15(17)16-9-14(19-2)12-6-7-20-10-12/h3-8,10,14H,9H2,1-2H3,(H,16,17). The van der Waals surface area contributed by atoms with Crippen LogP contribution < -0.4 is 10.1 Å². The lowest BCUT2D eigenvalue weighted by Crippen LogP contribution is -2.29. The van der Waals surface area contributed by atoms with Crippen LogP contribution >= 0.6 is 11.3 Å². The zero-order valence-corrected chi connectivity index (χ0v) is 12.3. The quantitative estimate of drug-likeness (QED) is 0.890. The van der Waals surface area contributed by atoms with Gasteiger partial charge in [-0.2, -0.15) is 11.3 Å². The molecule has 2 rings (SSSR count). The van der Waals surface area contributed by atoms with E-state index in [0.717, 1.165) is 5.56 Å². The molecule has 1 atom stereocenters. The topological polar surface area (TPSA) is 47.6 Å². The molecule has 1 amide bonds. The third kappa shape index (κ3) is 3.59. The van der Waals surface area contributed by atoms with Gasteiger partial charge in [-0.05, 0) is 40.6 Å². The number of amides is 1. The van der Waals surface area contributed by atoms with Crippen molar-refractivity contribution in [3.63, 3.8) is 0 Å². The predicted octanol–water partition coefficient (Wildman–Crippen LogP) is 2.87. The summed E-state index contributed by atoms with van der Waals surface area (Å²) in [7, 11) is 3.22. The van der Waals surface area contributed by atoms with Gasteiger partial charge in [0.15, 0.2) is 0 Å². The van der Waals surface area contributed by atoms with Crippen molar-refractivity contribution in [3.8, 4) is 5.75 Å². The summed E-state index contributed by atoms with van der Waals surface area (Å²) in [5, 5.41) is 6.89. The normalized spacial score (nSPS) is 11.9. The molecule has 0 aliphatic carbocycles. The van der Waals surface area contributed by atoms with Crippen LogP contribution in [0.4, 0.5) is 0 Å². The molecule has 1 heterocycles. The molecule has 1 N–H and O–H groups in total. The summed E-state index contributed by atoms with van der Waals surface area (Å²) < 4.78 is 10.5. The van der Waals surface area contributed by atoms with Crippen LogP contribution in [0, 0.1) is 0 Å². The first-order valence-electron chi connectivity index (χ1n) is 6.21. The molecule has 20 heavy (non-hydrogen) atoms. The summed E-state index contributed by atoms with van der Waals surface area (Å²) in [5.41, 5.74) is 1.65. The molecule has 5 heteroatoms. The molecular weight excluding hydrogens is 274 g/mol. The van der Waals surface area contributed by atoms with Crippen molar-refractivity contribution in [2.75, 3.05) is 20.8 Å². The second kappa shape index (κ2) is 7.07. The Hall–Kier alpha value is -1.85. The van der Waals surface area contributed by atoms with Crippen molar-refractivity contribution < 1.29 is 14.3 Å². The molecule has 1 aromatic carbocycles. The van der Waals surface area contributed by atoms with Crippen LogP contribution in [0.5, 0.6) is 5.75 Å². The Morgan fingerprint density at radius 3 is 2.85 bits per heavy atom. The van der Waals surface area contributed by atoms with Crippen LogP contribution in [0.2, 0.25) is 0 Å². The molecule has 0 fully saturated rings. The summed E-state index contributed by atoms with van der Waals surface area (Å²) in [4.78, 5) is 12.1. The SMILES string of the molecule is COc1cccc(C(=O)NCC(OC)c2ccsc2)c1. The van der Waals surface area contributed by atoms with Crippen LogP contribution in [0.25, 0.3) is 0 Å². The third-order valence-electron chi connectivity index (χ3n) is 2.98. The number of carbonyl (C=O) groups excluding carboxylic acids is 1. The van der Waals surface area contributed by atoms with Crippen LogP contribution in [-0.4, -0.2) is 26.7 Å². The number of rotatable bonds is 6. The highest BCUT2D eigenvalue weighted by molar-refractivity contribution is 7.07. The molecule has 1 aromatic heterocycles. The van der Waals surface area contributed by atoms with Crippen molar-refractivity contribution in [1.29, 1.82) is 0 Å². The summed E-state index contributed by atoms with van der Waals surface area (Å²) >= 11 is 1.61. The van der Waals surface area contributed by atoms with Crippen LogP contribution in [-0.2, 0) is 4.74 Å². The Kier molecular flexibility index (Phi) is 5.15. The van der Waals surface area contributed by atoms with E-state index in [-0.39, 0.29) is 12.0 Å². The number of carbonyl (C=O) groups is 1. The van der Waals surface area contributed by atoms with Gasteiger partial charge in [-0.25, -0.2) is 0 Å². The molecule has 0 saturated carbocycles. The molecule has 1 unspecified atom stereocenters. The lowest BCUT2D eigenvalue weighted by Gasteiger charge is -2.15. The Balaban J connectivity index is 1.97. The second-order valence-corrected chi connectivity index (χ2v) is 5.00. The van der Waals surface area contributed by atoms with Gasteiger partial charge in [-0.15, -0.1) is 0 Å². The number of benzene rings is 1. The molecule has 0 aliphatic rings. The van der Waals surface area contributed by atoms with Crippen LogP contribution in [0.15, 0.2) is 41.1 Å². The molecule has 0 aliphatic heterocycles. The Morgan fingerprint density at radius 1 is 1.35 bits per heavy atom. The average molecular weight is 291 g/mol. The van der Waals surface area contributed by atoms with E-state index >= 15 is 0 Å². The largest absolute Gasteiger partial charge is 0.497 e. The van der Waals surface area contributed by atoms with E-state index in [2.05, 4.69) is 5.32 Å². The van der Waals surface area contributed by atoms with Gasteiger partial charge in [0, 0.05) is 19.2 Å². The average Bonchev–Trinajstić information content (AvgIpc) is 3.02. The molecule has 4 nitrogen and oxygen atoms in total. The van der Waals surface area contributed by atoms with Gasteiger partial charge in [0.25, 0.3) is 5.91 Å². The first-order valence-corrected chi connectivity index (χ1v) is 7.16. The maximum atomic E-state index is 12.1. The molecular formula is C15H17NO3S. The fourth-order valence-corrected chi connectivity index (χ4v) is 2.55. The summed E-state index contributed by atoms with van der Waals surface area (Å²) in [5.74, 6) is 0.528. The van der Waals surface area contributed by atoms with Crippen LogP contribution in [0.3, 0.4) is 0 Å².